The van der Waals surface area contributed by atoms with Crippen molar-refractivity contribution in [2.24, 2.45) is 7.05 Å². The van der Waals surface area contributed by atoms with Gasteiger partial charge in [0.25, 0.3) is 5.56 Å². The Morgan fingerprint density at radius 1 is 1.03 bits per heavy atom. The molecule has 7 heteroatoms. The van der Waals surface area contributed by atoms with E-state index in [1.165, 1.54) is 16.7 Å². The Morgan fingerprint density at radius 3 is 2.45 bits per heavy atom. The van der Waals surface area contributed by atoms with Gasteiger partial charge in [0.2, 0.25) is 5.91 Å². The number of para-hydroxylation sites is 1. The highest BCUT2D eigenvalue weighted by molar-refractivity contribution is 5.78. The molecule has 1 aromatic heterocycles. The summed E-state index contributed by atoms with van der Waals surface area (Å²) in [6.45, 7) is 2.68. The lowest BCUT2D eigenvalue weighted by Crippen LogP contribution is -2.48. The van der Waals surface area contributed by atoms with Gasteiger partial charge >= 0.3 is 0 Å². The zero-order valence-corrected chi connectivity index (χ0v) is 16.3. The molecule has 0 saturated carbocycles. The molecular formula is C22H23FN4O2. The number of carbonyl (C=O) groups excluding carboxylic acids is 1. The molecule has 150 valence electrons. The van der Waals surface area contributed by atoms with Crippen molar-refractivity contribution in [2.75, 3.05) is 31.1 Å². The van der Waals surface area contributed by atoms with E-state index in [2.05, 4.69) is 9.88 Å². The van der Waals surface area contributed by atoms with Gasteiger partial charge in [-0.2, -0.15) is 0 Å². The number of hydrogen-bond acceptors (Lipinski definition) is 4. The summed E-state index contributed by atoms with van der Waals surface area (Å²) in [5.41, 5.74) is 1.53. The van der Waals surface area contributed by atoms with E-state index in [1.54, 1.807) is 25.2 Å². The summed E-state index contributed by atoms with van der Waals surface area (Å²) in [7, 11) is 1.70. The number of amides is 1. The minimum absolute atomic E-state index is 0.0613. The number of aromatic nitrogens is 2. The van der Waals surface area contributed by atoms with Gasteiger partial charge in [-0.3, -0.25) is 14.2 Å². The lowest BCUT2D eigenvalue weighted by atomic mass is 10.2. The Bertz CT molecular complexity index is 1090. The van der Waals surface area contributed by atoms with Gasteiger partial charge < -0.3 is 9.80 Å². The Hall–Kier alpha value is -3.22. The van der Waals surface area contributed by atoms with E-state index in [9.17, 15) is 14.0 Å². The third kappa shape index (κ3) is 3.99. The lowest BCUT2D eigenvalue weighted by molar-refractivity contribution is -0.131. The van der Waals surface area contributed by atoms with E-state index in [0.717, 1.165) is 5.69 Å². The molecular weight excluding hydrogens is 371 g/mol. The van der Waals surface area contributed by atoms with Gasteiger partial charge in [0.15, 0.2) is 0 Å². The van der Waals surface area contributed by atoms with E-state index in [4.69, 9.17) is 0 Å². The Morgan fingerprint density at radius 2 is 1.72 bits per heavy atom. The summed E-state index contributed by atoms with van der Waals surface area (Å²) >= 11 is 0. The highest BCUT2D eigenvalue weighted by atomic mass is 19.1. The van der Waals surface area contributed by atoms with Crippen LogP contribution in [0.2, 0.25) is 0 Å². The van der Waals surface area contributed by atoms with Crippen LogP contribution in [-0.2, 0) is 18.3 Å². The fraction of sp³-hybridized carbons (Fsp3) is 0.318. The molecule has 3 aromatic rings. The summed E-state index contributed by atoms with van der Waals surface area (Å²) in [4.78, 5) is 33.7. The van der Waals surface area contributed by atoms with Crippen LogP contribution >= 0.6 is 0 Å². The molecule has 0 aliphatic carbocycles. The summed E-state index contributed by atoms with van der Waals surface area (Å²) < 4.78 is 14.6. The first-order valence-electron chi connectivity index (χ1n) is 9.76. The van der Waals surface area contributed by atoms with E-state index in [-0.39, 0.29) is 17.3 Å². The maximum Gasteiger partial charge on any atom is 0.261 e. The molecule has 0 bridgehead atoms. The molecule has 1 aliphatic heterocycles. The molecule has 0 spiro atoms. The summed E-state index contributed by atoms with van der Waals surface area (Å²) in [5, 5.41) is 0.585. The Balaban J connectivity index is 1.37. The number of piperazine rings is 1. The van der Waals surface area contributed by atoms with Gasteiger partial charge in [-0.25, -0.2) is 9.37 Å². The minimum atomic E-state index is -0.251. The van der Waals surface area contributed by atoms with Crippen molar-refractivity contribution in [1.29, 1.82) is 0 Å². The quantitative estimate of drug-likeness (QED) is 0.682. The van der Waals surface area contributed by atoms with Gasteiger partial charge in [-0.15, -0.1) is 0 Å². The predicted molar refractivity (Wildman–Crippen MR) is 110 cm³/mol. The number of rotatable bonds is 4. The van der Waals surface area contributed by atoms with Crippen LogP contribution in [0.3, 0.4) is 0 Å². The van der Waals surface area contributed by atoms with Crippen LogP contribution in [-0.4, -0.2) is 46.5 Å². The number of benzene rings is 2. The molecule has 4 rings (SSSR count). The molecule has 29 heavy (non-hydrogen) atoms. The number of fused-ring (bicyclic) bond motifs is 1. The van der Waals surface area contributed by atoms with Gasteiger partial charge in [0, 0.05) is 51.8 Å². The SMILES string of the molecule is Cn1c(CCC(=O)N2CCN(c3ccc(F)cc3)CC2)nc2ccccc2c1=O. The molecule has 1 amide bonds. The third-order valence-corrected chi connectivity index (χ3v) is 5.46. The predicted octanol–water partition coefficient (Wildman–Crippen LogP) is 2.35. The normalized spacial score (nSPS) is 14.4. The minimum Gasteiger partial charge on any atom is -0.368 e. The van der Waals surface area contributed by atoms with Crippen molar-refractivity contribution >= 4 is 22.5 Å². The van der Waals surface area contributed by atoms with Crippen molar-refractivity contribution < 1.29 is 9.18 Å². The Labute approximate surface area is 168 Å². The van der Waals surface area contributed by atoms with Crippen molar-refractivity contribution in [3.63, 3.8) is 0 Å². The maximum atomic E-state index is 13.1. The third-order valence-electron chi connectivity index (χ3n) is 5.46. The number of aryl methyl sites for hydroxylation is 1. The molecule has 2 aromatic carbocycles. The average molecular weight is 394 g/mol. The van der Waals surface area contributed by atoms with E-state index in [1.807, 2.05) is 23.1 Å². The molecule has 0 radical (unpaired) electrons. The van der Waals surface area contributed by atoms with Crippen molar-refractivity contribution in [3.05, 3.63) is 70.5 Å². The largest absolute Gasteiger partial charge is 0.368 e. The van der Waals surface area contributed by atoms with Crippen LogP contribution in [0.1, 0.15) is 12.2 Å². The smallest absolute Gasteiger partial charge is 0.261 e. The summed E-state index contributed by atoms with van der Waals surface area (Å²) in [6.07, 6.45) is 0.739. The zero-order valence-electron chi connectivity index (χ0n) is 16.3. The van der Waals surface area contributed by atoms with E-state index in [0.29, 0.717) is 55.7 Å². The second kappa shape index (κ2) is 8.03. The van der Waals surface area contributed by atoms with Gasteiger partial charge in [-0.05, 0) is 36.4 Å². The standard InChI is InChI=1S/C22H23FN4O2/c1-25-20(24-19-5-3-2-4-18(19)22(25)29)10-11-21(28)27-14-12-26(13-15-27)17-8-6-16(23)7-9-17/h2-9H,10-15H2,1H3. The fourth-order valence-electron chi connectivity index (χ4n) is 3.73. The first kappa shape index (κ1) is 19.1. The second-order valence-electron chi connectivity index (χ2n) is 7.25. The molecule has 2 heterocycles. The zero-order chi connectivity index (χ0) is 20.4. The average Bonchev–Trinajstić information content (AvgIpc) is 2.76. The second-order valence-corrected chi connectivity index (χ2v) is 7.25. The monoisotopic (exact) mass is 394 g/mol. The molecule has 1 fully saturated rings. The summed E-state index contributed by atoms with van der Waals surface area (Å²) in [5.74, 6) is 0.428. The van der Waals surface area contributed by atoms with Crippen LogP contribution in [0.5, 0.6) is 0 Å². The lowest BCUT2D eigenvalue weighted by Gasteiger charge is -2.36. The topological polar surface area (TPSA) is 58.4 Å². The van der Waals surface area contributed by atoms with Crippen LogP contribution in [0.4, 0.5) is 10.1 Å². The summed E-state index contributed by atoms with van der Waals surface area (Å²) in [6, 6.07) is 13.7. The van der Waals surface area contributed by atoms with Crippen LogP contribution in [0, 0.1) is 5.82 Å². The number of carbonyl (C=O) groups is 1. The molecule has 0 N–H and O–H groups in total. The van der Waals surface area contributed by atoms with Gasteiger partial charge in [0.05, 0.1) is 10.9 Å². The number of halogens is 1. The van der Waals surface area contributed by atoms with Crippen molar-refractivity contribution in [2.45, 2.75) is 12.8 Å². The van der Waals surface area contributed by atoms with E-state index < -0.39 is 0 Å². The van der Waals surface area contributed by atoms with Crippen LogP contribution in [0.25, 0.3) is 10.9 Å². The van der Waals surface area contributed by atoms with Crippen molar-refractivity contribution in [1.82, 2.24) is 14.5 Å². The molecule has 1 aliphatic rings. The molecule has 0 unspecified atom stereocenters. The number of anilines is 1. The van der Waals surface area contributed by atoms with Gasteiger partial charge in [0.1, 0.15) is 11.6 Å². The number of hydrogen-bond donors (Lipinski definition) is 0. The molecule has 0 atom stereocenters. The number of nitrogens with zero attached hydrogens (tertiary/aromatic N) is 4. The fourth-order valence-corrected chi connectivity index (χ4v) is 3.73. The van der Waals surface area contributed by atoms with Crippen LogP contribution < -0.4 is 10.5 Å². The molecule has 6 nitrogen and oxygen atoms in total. The van der Waals surface area contributed by atoms with Crippen molar-refractivity contribution in [3.8, 4) is 0 Å². The maximum absolute atomic E-state index is 13.1. The van der Waals surface area contributed by atoms with Gasteiger partial charge in [-0.1, -0.05) is 12.1 Å². The first-order valence-corrected chi connectivity index (χ1v) is 9.76. The Kier molecular flexibility index (Phi) is 5.29. The first-order chi connectivity index (χ1) is 14.0. The van der Waals surface area contributed by atoms with Crippen LogP contribution in [0.15, 0.2) is 53.3 Å². The van der Waals surface area contributed by atoms with E-state index >= 15 is 0 Å². The molecule has 1 saturated heterocycles. The highest BCUT2D eigenvalue weighted by Crippen LogP contribution is 2.17. The highest BCUT2D eigenvalue weighted by Gasteiger charge is 2.21.